The molecule has 28 heavy (non-hydrogen) atoms. The number of aromatic nitrogens is 1. The van der Waals surface area contributed by atoms with Gasteiger partial charge in [0.2, 0.25) is 5.95 Å². The summed E-state index contributed by atoms with van der Waals surface area (Å²) in [6.45, 7) is 5.30. The van der Waals surface area contributed by atoms with Crippen molar-refractivity contribution in [1.29, 1.82) is 0 Å². The quantitative estimate of drug-likeness (QED) is 0.354. The Morgan fingerprint density at radius 2 is 2.18 bits per heavy atom. The Morgan fingerprint density at radius 1 is 1.36 bits per heavy atom. The van der Waals surface area contributed by atoms with Crippen molar-refractivity contribution >= 4 is 6.02 Å². The summed E-state index contributed by atoms with van der Waals surface area (Å²) in [6, 6.07) is 8.81. The lowest BCUT2D eigenvalue weighted by molar-refractivity contribution is 0.0544. The van der Waals surface area contributed by atoms with Crippen molar-refractivity contribution in [2.24, 2.45) is 16.6 Å². The van der Waals surface area contributed by atoms with Gasteiger partial charge in [0.25, 0.3) is 6.02 Å². The largest absolute Gasteiger partial charge is 0.490 e. The number of rotatable bonds is 6. The maximum Gasteiger partial charge on any atom is 0.282 e. The van der Waals surface area contributed by atoms with Crippen LogP contribution in [-0.4, -0.2) is 37.4 Å². The molecule has 2 N–H and O–H groups in total. The van der Waals surface area contributed by atoms with Crippen LogP contribution in [0.15, 0.2) is 41.5 Å². The number of ether oxygens (including phenoxy) is 3. The number of methoxy groups -OCH3 is 1. The molecule has 3 unspecified atom stereocenters. The van der Waals surface area contributed by atoms with E-state index in [-0.39, 0.29) is 24.1 Å². The molecule has 0 amide bonds. The fourth-order valence-corrected chi connectivity index (χ4v) is 3.46. The van der Waals surface area contributed by atoms with E-state index in [1.807, 2.05) is 25.1 Å². The van der Waals surface area contributed by atoms with E-state index in [4.69, 9.17) is 19.9 Å². The van der Waals surface area contributed by atoms with Gasteiger partial charge in [0, 0.05) is 36.3 Å². The molecular weight excluding hydrogens is 361 g/mol. The second-order valence-electron chi connectivity index (χ2n) is 6.71. The number of pyridine rings is 1. The van der Waals surface area contributed by atoms with E-state index >= 15 is 0 Å². The van der Waals surface area contributed by atoms with Gasteiger partial charge < -0.3 is 19.9 Å². The van der Waals surface area contributed by atoms with E-state index in [9.17, 15) is 4.39 Å². The van der Waals surface area contributed by atoms with Gasteiger partial charge in [0.1, 0.15) is 11.9 Å². The number of aliphatic imine (C=N–C) groups is 1. The molecule has 1 aliphatic heterocycles. The van der Waals surface area contributed by atoms with Gasteiger partial charge in [-0.25, -0.2) is 9.98 Å². The summed E-state index contributed by atoms with van der Waals surface area (Å²) < 4.78 is 30.9. The van der Waals surface area contributed by atoms with Crippen LogP contribution in [0.5, 0.6) is 5.75 Å². The predicted octanol–water partition coefficient (Wildman–Crippen LogP) is 3.71. The molecule has 0 aliphatic carbocycles. The molecule has 3 atom stereocenters. The Labute approximate surface area is 164 Å². The average Bonchev–Trinajstić information content (AvgIpc) is 2.71. The molecule has 6 nitrogen and oxygen atoms in total. The number of nitrogens with zero attached hydrogens (tertiary/aromatic N) is 2. The maximum atomic E-state index is 14.2. The van der Waals surface area contributed by atoms with Crippen molar-refractivity contribution in [1.82, 2.24) is 4.98 Å². The predicted molar refractivity (Wildman–Crippen MR) is 106 cm³/mol. The molecule has 2 aromatic rings. The first-order valence-electron chi connectivity index (χ1n) is 9.41. The van der Waals surface area contributed by atoms with E-state index in [0.717, 1.165) is 12.0 Å². The van der Waals surface area contributed by atoms with Gasteiger partial charge in [-0.15, -0.1) is 0 Å². The zero-order chi connectivity index (χ0) is 20.1. The van der Waals surface area contributed by atoms with Crippen molar-refractivity contribution < 1.29 is 18.6 Å². The minimum atomic E-state index is -0.515. The van der Waals surface area contributed by atoms with Crippen molar-refractivity contribution in [3.05, 3.63) is 48.0 Å². The minimum absolute atomic E-state index is 0.0376. The van der Waals surface area contributed by atoms with Gasteiger partial charge in [-0.05, 0) is 36.8 Å². The van der Waals surface area contributed by atoms with Crippen LogP contribution in [0.2, 0.25) is 0 Å². The third-order valence-electron chi connectivity index (χ3n) is 4.99. The van der Waals surface area contributed by atoms with E-state index in [1.54, 1.807) is 12.1 Å². The first-order valence-corrected chi connectivity index (χ1v) is 9.41. The minimum Gasteiger partial charge on any atom is -0.490 e. The van der Waals surface area contributed by atoms with Crippen LogP contribution in [0.25, 0.3) is 11.1 Å². The van der Waals surface area contributed by atoms with Crippen LogP contribution in [0.3, 0.4) is 0 Å². The zero-order valence-electron chi connectivity index (χ0n) is 16.4. The molecule has 1 aromatic carbocycles. The highest BCUT2D eigenvalue weighted by molar-refractivity contribution is 5.72. The number of nitrogens with two attached hydrogens (primary N) is 1. The molecule has 0 radical (unpaired) electrons. The van der Waals surface area contributed by atoms with Gasteiger partial charge in [-0.1, -0.05) is 13.0 Å². The molecule has 0 spiro atoms. The zero-order valence-corrected chi connectivity index (χ0v) is 16.4. The van der Waals surface area contributed by atoms with Gasteiger partial charge in [-0.3, -0.25) is 0 Å². The Kier molecular flexibility index (Phi) is 6.46. The van der Waals surface area contributed by atoms with Gasteiger partial charge >= 0.3 is 0 Å². The van der Waals surface area contributed by atoms with E-state index in [0.29, 0.717) is 30.1 Å². The SMILES string of the molecule is CCOCCC1Oc2ccc(-c3cccnc3F)cc2C(N=C(N)OC)C1C. The van der Waals surface area contributed by atoms with Crippen molar-refractivity contribution in [2.45, 2.75) is 32.4 Å². The summed E-state index contributed by atoms with van der Waals surface area (Å²) >= 11 is 0. The Hall–Kier alpha value is -2.67. The third-order valence-corrected chi connectivity index (χ3v) is 4.99. The van der Waals surface area contributed by atoms with Crippen LogP contribution in [0.4, 0.5) is 4.39 Å². The summed E-state index contributed by atoms with van der Waals surface area (Å²) in [5, 5.41) is 0. The highest BCUT2D eigenvalue weighted by atomic mass is 19.1. The molecule has 1 aromatic heterocycles. The monoisotopic (exact) mass is 387 g/mol. The molecule has 150 valence electrons. The number of halogens is 1. The maximum absolute atomic E-state index is 14.2. The molecule has 0 saturated heterocycles. The third kappa shape index (κ3) is 4.25. The van der Waals surface area contributed by atoms with Crippen LogP contribution < -0.4 is 10.5 Å². The van der Waals surface area contributed by atoms with Crippen molar-refractivity contribution in [2.75, 3.05) is 20.3 Å². The van der Waals surface area contributed by atoms with Gasteiger partial charge in [0.05, 0.1) is 19.8 Å². The number of fused-ring (bicyclic) bond motifs is 1. The normalized spacial score (nSPS) is 21.7. The van der Waals surface area contributed by atoms with E-state index in [1.165, 1.54) is 13.3 Å². The van der Waals surface area contributed by atoms with Gasteiger partial charge in [0.15, 0.2) is 0 Å². The first-order chi connectivity index (χ1) is 13.5. The Balaban J connectivity index is 2.00. The van der Waals surface area contributed by atoms with Crippen LogP contribution in [0.1, 0.15) is 31.9 Å². The Bertz CT molecular complexity index is 843. The molecule has 3 rings (SSSR count). The van der Waals surface area contributed by atoms with Crippen molar-refractivity contribution in [3.63, 3.8) is 0 Å². The van der Waals surface area contributed by atoms with E-state index in [2.05, 4.69) is 16.9 Å². The lowest BCUT2D eigenvalue weighted by Crippen LogP contribution is -2.35. The molecule has 0 bridgehead atoms. The fourth-order valence-electron chi connectivity index (χ4n) is 3.46. The molecule has 0 fully saturated rings. The highest BCUT2D eigenvalue weighted by Gasteiger charge is 2.36. The second-order valence-corrected chi connectivity index (χ2v) is 6.71. The summed E-state index contributed by atoms with van der Waals surface area (Å²) in [7, 11) is 1.48. The molecule has 7 heteroatoms. The lowest BCUT2D eigenvalue weighted by atomic mass is 9.85. The summed E-state index contributed by atoms with van der Waals surface area (Å²) in [4.78, 5) is 8.29. The topological polar surface area (TPSA) is 79.0 Å². The molecule has 0 saturated carbocycles. The number of hydrogen-bond donors (Lipinski definition) is 1. The van der Waals surface area contributed by atoms with Crippen LogP contribution in [-0.2, 0) is 9.47 Å². The standard InChI is InChI=1S/C21H26FN3O3/c1-4-27-11-9-17-13(2)19(25-21(23)26-3)16-12-14(7-8-18(16)28-17)15-6-5-10-24-20(15)22/h5-8,10,12-13,17,19H,4,9,11H2,1-3H3,(H2,23,25). The number of hydrogen-bond acceptors (Lipinski definition) is 5. The van der Waals surface area contributed by atoms with Gasteiger partial charge in [-0.2, -0.15) is 4.39 Å². The van der Waals surface area contributed by atoms with Crippen LogP contribution in [0, 0.1) is 11.9 Å². The molecule has 1 aliphatic rings. The summed E-state index contributed by atoms with van der Waals surface area (Å²) in [5.41, 5.74) is 7.85. The highest BCUT2D eigenvalue weighted by Crippen LogP contribution is 2.43. The first kappa shape index (κ1) is 20.1. The van der Waals surface area contributed by atoms with Crippen LogP contribution >= 0.6 is 0 Å². The summed E-state index contributed by atoms with van der Waals surface area (Å²) in [5.74, 6) is 0.235. The molecular formula is C21H26FN3O3. The Morgan fingerprint density at radius 3 is 2.89 bits per heavy atom. The number of benzene rings is 1. The van der Waals surface area contributed by atoms with E-state index < -0.39 is 5.95 Å². The number of amidine groups is 1. The lowest BCUT2D eigenvalue weighted by Gasteiger charge is -2.36. The smallest absolute Gasteiger partial charge is 0.282 e. The van der Waals surface area contributed by atoms with Crippen molar-refractivity contribution in [3.8, 4) is 16.9 Å². The molecule has 2 heterocycles. The second kappa shape index (κ2) is 9.01. The average molecular weight is 387 g/mol. The summed E-state index contributed by atoms with van der Waals surface area (Å²) in [6.07, 6.45) is 2.10. The fraction of sp³-hybridized carbons (Fsp3) is 0.429.